The number of esters is 1. The molecule has 0 unspecified atom stereocenters. The summed E-state index contributed by atoms with van der Waals surface area (Å²) in [5.74, 6) is -0.327. The van der Waals surface area contributed by atoms with Gasteiger partial charge in [-0.3, -0.25) is 15.0 Å². The van der Waals surface area contributed by atoms with Crippen molar-refractivity contribution in [3.8, 4) is 0 Å². The largest absolute Gasteiger partial charge is 0.460 e. The summed E-state index contributed by atoms with van der Waals surface area (Å²) in [6.45, 7) is 2.42. The van der Waals surface area contributed by atoms with Gasteiger partial charge in [-0.25, -0.2) is 0 Å². The van der Waals surface area contributed by atoms with E-state index in [9.17, 15) is 9.59 Å². The van der Waals surface area contributed by atoms with Crippen molar-refractivity contribution >= 4 is 17.8 Å². The molecule has 2 aliphatic heterocycles. The highest BCUT2D eigenvalue weighted by Gasteiger charge is 2.28. The Labute approximate surface area is 138 Å². The third kappa shape index (κ3) is 2.21. The van der Waals surface area contributed by atoms with Gasteiger partial charge < -0.3 is 9.30 Å². The SMILES string of the molecule is Cc1ccccc1/C=C1/Cn2c(cc3c(c2=O)COC(=O)C3)C1=N. The van der Waals surface area contributed by atoms with E-state index in [0.717, 1.165) is 16.7 Å². The van der Waals surface area contributed by atoms with Crippen molar-refractivity contribution in [2.24, 2.45) is 0 Å². The predicted molar refractivity (Wildman–Crippen MR) is 90.2 cm³/mol. The van der Waals surface area contributed by atoms with Crippen LogP contribution in [0.2, 0.25) is 0 Å². The number of aromatic nitrogens is 1. The molecule has 5 heteroatoms. The van der Waals surface area contributed by atoms with Crippen molar-refractivity contribution in [1.82, 2.24) is 4.57 Å². The zero-order chi connectivity index (χ0) is 16.8. The summed E-state index contributed by atoms with van der Waals surface area (Å²) in [4.78, 5) is 24.1. The first-order valence-corrected chi connectivity index (χ1v) is 7.81. The molecule has 0 amide bonds. The maximum Gasteiger partial charge on any atom is 0.310 e. The fourth-order valence-corrected chi connectivity index (χ4v) is 3.24. The van der Waals surface area contributed by atoms with E-state index in [1.165, 1.54) is 0 Å². The molecule has 0 saturated heterocycles. The number of nitrogens with zero attached hydrogens (tertiary/aromatic N) is 1. The summed E-state index contributed by atoms with van der Waals surface area (Å²) in [6.07, 6.45) is 2.06. The predicted octanol–water partition coefficient (Wildman–Crippen LogP) is 2.22. The molecule has 0 bridgehead atoms. The maximum atomic E-state index is 12.7. The zero-order valence-corrected chi connectivity index (χ0v) is 13.3. The number of aryl methyl sites for hydroxylation is 1. The summed E-state index contributed by atoms with van der Waals surface area (Å²) in [7, 11) is 0. The Morgan fingerprint density at radius 2 is 2.04 bits per heavy atom. The van der Waals surface area contributed by atoms with Gasteiger partial charge in [0.25, 0.3) is 5.56 Å². The van der Waals surface area contributed by atoms with Gasteiger partial charge in [0.1, 0.15) is 6.61 Å². The van der Waals surface area contributed by atoms with Crippen molar-refractivity contribution in [1.29, 1.82) is 5.41 Å². The van der Waals surface area contributed by atoms with E-state index in [1.807, 2.05) is 37.3 Å². The highest BCUT2D eigenvalue weighted by Crippen LogP contribution is 2.25. The van der Waals surface area contributed by atoms with Crippen molar-refractivity contribution in [3.05, 3.63) is 74.2 Å². The van der Waals surface area contributed by atoms with Crippen molar-refractivity contribution < 1.29 is 9.53 Å². The number of rotatable bonds is 1. The number of hydrogen-bond acceptors (Lipinski definition) is 4. The molecule has 0 radical (unpaired) electrons. The van der Waals surface area contributed by atoms with Gasteiger partial charge in [-0.05, 0) is 41.3 Å². The van der Waals surface area contributed by atoms with Crippen LogP contribution < -0.4 is 5.56 Å². The lowest BCUT2D eigenvalue weighted by molar-refractivity contribution is -0.145. The van der Waals surface area contributed by atoms with Crippen LogP contribution in [0.5, 0.6) is 0 Å². The Morgan fingerprint density at radius 3 is 2.83 bits per heavy atom. The molecule has 1 aromatic carbocycles. The highest BCUT2D eigenvalue weighted by molar-refractivity contribution is 6.14. The van der Waals surface area contributed by atoms with Crippen LogP contribution in [0.25, 0.3) is 6.08 Å². The second-order valence-corrected chi connectivity index (χ2v) is 6.16. The first-order valence-electron chi connectivity index (χ1n) is 7.81. The fourth-order valence-electron chi connectivity index (χ4n) is 3.24. The van der Waals surface area contributed by atoms with Crippen LogP contribution in [-0.4, -0.2) is 16.2 Å². The van der Waals surface area contributed by atoms with Gasteiger partial charge in [0.15, 0.2) is 0 Å². The Bertz CT molecular complexity index is 983. The van der Waals surface area contributed by atoms with E-state index < -0.39 is 0 Å². The lowest BCUT2D eigenvalue weighted by Gasteiger charge is -2.17. The molecule has 0 fully saturated rings. The number of ether oxygens (including phenoxy) is 1. The minimum Gasteiger partial charge on any atom is -0.460 e. The molecular formula is C19H16N2O3. The van der Waals surface area contributed by atoms with Crippen molar-refractivity contribution in [2.45, 2.75) is 26.5 Å². The van der Waals surface area contributed by atoms with Gasteiger partial charge in [0, 0.05) is 0 Å². The monoisotopic (exact) mass is 320 g/mol. The molecule has 24 heavy (non-hydrogen) atoms. The van der Waals surface area contributed by atoms with E-state index in [1.54, 1.807) is 10.6 Å². The maximum absolute atomic E-state index is 12.7. The average molecular weight is 320 g/mol. The number of nitrogens with one attached hydrogen (secondary N) is 1. The number of cyclic esters (lactones) is 1. The van der Waals surface area contributed by atoms with Gasteiger partial charge in [-0.2, -0.15) is 0 Å². The summed E-state index contributed by atoms with van der Waals surface area (Å²) in [6, 6.07) is 9.74. The Balaban J connectivity index is 1.81. The molecule has 0 atom stereocenters. The number of fused-ring (bicyclic) bond motifs is 2. The van der Waals surface area contributed by atoms with Crippen molar-refractivity contribution in [2.75, 3.05) is 0 Å². The van der Waals surface area contributed by atoms with E-state index in [0.29, 0.717) is 29.1 Å². The van der Waals surface area contributed by atoms with Gasteiger partial charge >= 0.3 is 5.97 Å². The first-order chi connectivity index (χ1) is 11.5. The second-order valence-electron chi connectivity index (χ2n) is 6.16. The van der Waals surface area contributed by atoms with Crippen molar-refractivity contribution in [3.63, 3.8) is 0 Å². The summed E-state index contributed by atoms with van der Waals surface area (Å²) in [5.41, 5.74) is 4.95. The minimum atomic E-state index is -0.327. The van der Waals surface area contributed by atoms with Crippen LogP contribution in [0.3, 0.4) is 0 Å². The second kappa shape index (κ2) is 5.30. The number of hydrogen-bond donors (Lipinski definition) is 1. The van der Waals surface area contributed by atoms with Gasteiger partial charge in [-0.15, -0.1) is 0 Å². The molecule has 2 aliphatic rings. The molecule has 0 aliphatic carbocycles. The lowest BCUT2D eigenvalue weighted by atomic mass is 10.0. The molecule has 3 heterocycles. The third-order valence-electron chi connectivity index (χ3n) is 4.63. The summed E-state index contributed by atoms with van der Waals surface area (Å²) in [5, 5.41) is 8.43. The van der Waals surface area contributed by atoms with Crippen LogP contribution >= 0.6 is 0 Å². The van der Waals surface area contributed by atoms with Crippen LogP contribution in [0.1, 0.15) is 27.9 Å². The van der Waals surface area contributed by atoms with E-state index in [4.69, 9.17) is 10.1 Å². The van der Waals surface area contributed by atoms with Crippen LogP contribution in [-0.2, 0) is 29.1 Å². The molecular weight excluding hydrogens is 304 g/mol. The average Bonchev–Trinajstić information content (AvgIpc) is 2.87. The van der Waals surface area contributed by atoms with E-state index in [2.05, 4.69) is 0 Å². The van der Waals surface area contributed by atoms with Gasteiger partial charge in [-0.1, -0.05) is 24.3 Å². The molecule has 5 nitrogen and oxygen atoms in total. The fraction of sp³-hybridized carbons (Fsp3) is 0.211. The molecule has 0 saturated carbocycles. The lowest BCUT2D eigenvalue weighted by Crippen LogP contribution is -2.30. The Morgan fingerprint density at radius 1 is 1.25 bits per heavy atom. The first kappa shape index (κ1) is 14.6. The molecule has 2 aromatic rings. The van der Waals surface area contributed by atoms with Crippen LogP contribution in [0, 0.1) is 12.3 Å². The van der Waals surface area contributed by atoms with Crippen LogP contribution in [0.15, 0.2) is 40.7 Å². The zero-order valence-electron chi connectivity index (χ0n) is 13.3. The molecule has 4 rings (SSSR count). The Hall–Kier alpha value is -2.95. The third-order valence-corrected chi connectivity index (χ3v) is 4.63. The number of carbonyl (C=O) groups is 1. The van der Waals surface area contributed by atoms with E-state index >= 15 is 0 Å². The number of allylic oxidation sites excluding steroid dienone is 1. The minimum absolute atomic E-state index is 0.0253. The molecule has 120 valence electrons. The topological polar surface area (TPSA) is 72.2 Å². The van der Waals surface area contributed by atoms with E-state index in [-0.39, 0.29) is 24.6 Å². The number of benzene rings is 1. The summed E-state index contributed by atoms with van der Waals surface area (Å²) < 4.78 is 6.59. The standard InChI is InChI=1S/C19H16N2O3/c1-11-4-2-3-5-12(11)6-14-9-21-16(18(14)20)7-13-8-17(22)24-10-15(13)19(21)23/h2-7,20H,8-10H2,1H3/b14-6-,20-18?. The van der Waals surface area contributed by atoms with Gasteiger partial charge in [0.2, 0.25) is 0 Å². The molecule has 1 aromatic heterocycles. The molecule has 1 N–H and O–H groups in total. The quantitative estimate of drug-likeness (QED) is 0.819. The smallest absolute Gasteiger partial charge is 0.310 e. The molecule has 0 spiro atoms. The Kier molecular flexibility index (Phi) is 3.23. The highest BCUT2D eigenvalue weighted by atomic mass is 16.5. The van der Waals surface area contributed by atoms with Gasteiger partial charge in [0.05, 0.1) is 29.9 Å². The van der Waals surface area contributed by atoms with Crippen LogP contribution in [0.4, 0.5) is 0 Å². The number of pyridine rings is 1. The normalized spacial score (nSPS) is 17.6. The number of carbonyl (C=O) groups excluding carboxylic acids is 1. The summed E-state index contributed by atoms with van der Waals surface area (Å²) >= 11 is 0.